The number of halogens is 1. The molecule has 0 aliphatic carbocycles. The molecule has 0 aromatic heterocycles. The van der Waals surface area contributed by atoms with E-state index in [1.807, 2.05) is 12.1 Å². The second kappa shape index (κ2) is 10.6. The van der Waals surface area contributed by atoms with Crippen LogP contribution in [0.2, 0.25) is 5.02 Å². The normalized spacial score (nSPS) is 13.1. The fourth-order valence-electron chi connectivity index (χ4n) is 2.39. The van der Waals surface area contributed by atoms with Gasteiger partial charge in [0.2, 0.25) is 0 Å². The first-order valence-corrected chi connectivity index (χ1v) is 8.15. The third-order valence-corrected chi connectivity index (χ3v) is 3.98. The van der Waals surface area contributed by atoms with E-state index in [1.54, 1.807) is 7.11 Å². The smallest absolute Gasteiger partial charge is 0.119 e. The van der Waals surface area contributed by atoms with Crippen LogP contribution in [0.3, 0.4) is 0 Å². The van der Waals surface area contributed by atoms with E-state index in [0.717, 1.165) is 18.8 Å². The molecule has 7 heteroatoms. The highest BCUT2D eigenvalue weighted by Crippen LogP contribution is 2.18. The molecular formula is C18H23ClN2O4. The summed E-state index contributed by atoms with van der Waals surface area (Å²) in [5.41, 5.74) is 1.45. The van der Waals surface area contributed by atoms with Crippen molar-refractivity contribution in [3.8, 4) is 5.75 Å². The number of benzene rings is 2. The average Bonchev–Trinajstić information content (AvgIpc) is 2.63. The standard InChI is InChI=1S/C11H16N2O.C7H5ClO2.H2O/c1-14-11-4-2-10(3-5-11)13-8-6-12-7-9-13;8-6-3-1-5(2-4-6)7(9)10;/h2-5,12H,6-9H2,1H3;1-4H,(H,9,10);1H2. The number of nitrogens with two attached hydrogens (primary N) is 1. The summed E-state index contributed by atoms with van der Waals surface area (Å²) in [6.07, 6.45) is 0. The molecule has 0 atom stereocenters. The Morgan fingerprint density at radius 3 is 2.12 bits per heavy atom. The van der Waals surface area contributed by atoms with Crippen LogP contribution in [0.1, 0.15) is 10.4 Å². The summed E-state index contributed by atoms with van der Waals surface area (Å²) in [4.78, 5) is 12.6. The molecule has 0 saturated carbocycles. The van der Waals surface area contributed by atoms with E-state index >= 15 is 0 Å². The molecule has 25 heavy (non-hydrogen) atoms. The highest BCUT2D eigenvalue weighted by atomic mass is 35.5. The van der Waals surface area contributed by atoms with Crippen molar-refractivity contribution in [2.24, 2.45) is 0 Å². The van der Waals surface area contributed by atoms with Crippen LogP contribution in [0.15, 0.2) is 48.5 Å². The molecule has 0 radical (unpaired) electrons. The number of carbonyl (C=O) groups excluding carboxylic acids is 1. The second-order valence-corrected chi connectivity index (χ2v) is 5.78. The summed E-state index contributed by atoms with van der Waals surface area (Å²) in [7, 11) is 1.70. The first kappa shape index (κ1) is 20.8. The number of hydrogen-bond donors (Lipinski definition) is 1. The quantitative estimate of drug-likeness (QED) is 0.823. The average molecular weight is 367 g/mol. The van der Waals surface area contributed by atoms with Gasteiger partial charge in [-0.2, -0.15) is 0 Å². The van der Waals surface area contributed by atoms with Crippen LogP contribution in [0.25, 0.3) is 0 Å². The fourth-order valence-corrected chi connectivity index (χ4v) is 2.51. The number of methoxy groups -OCH3 is 1. The number of hydrogen-bond acceptors (Lipinski definition) is 4. The molecule has 1 heterocycles. The molecule has 1 aliphatic rings. The van der Waals surface area contributed by atoms with Crippen LogP contribution in [-0.4, -0.2) is 44.7 Å². The number of nitrogens with zero attached hydrogens (tertiary/aromatic N) is 1. The van der Waals surface area contributed by atoms with Crippen LogP contribution >= 0.6 is 11.6 Å². The van der Waals surface area contributed by atoms with Gasteiger partial charge in [-0.15, -0.1) is 0 Å². The molecule has 0 spiro atoms. The number of quaternary nitrogens is 1. The summed E-state index contributed by atoms with van der Waals surface area (Å²) in [6.45, 7) is 4.69. The van der Waals surface area contributed by atoms with E-state index in [-0.39, 0.29) is 11.0 Å². The summed E-state index contributed by atoms with van der Waals surface area (Å²) in [5.74, 6) is -0.256. The molecule has 136 valence electrons. The Morgan fingerprint density at radius 2 is 1.64 bits per heavy atom. The predicted octanol–water partition coefficient (Wildman–Crippen LogP) is -0.0426. The van der Waals surface area contributed by atoms with Crippen LogP contribution in [0.4, 0.5) is 5.69 Å². The van der Waals surface area contributed by atoms with Crippen LogP contribution < -0.4 is 20.1 Å². The minimum absolute atomic E-state index is 0. The molecule has 2 aromatic carbocycles. The van der Waals surface area contributed by atoms with E-state index in [0.29, 0.717) is 5.02 Å². The summed E-state index contributed by atoms with van der Waals surface area (Å²) in [5, 5.41) is 13.0. The lowest BCUT2D eigenvalue weighted by atomic mass is 10.2. The Bertz CT molecular complexity index is 641. The number of piperazine rings is 1. The van der Waals surface area contributed by atoms with Crippen molar-refractivity contribution in [3.63, 3.8) is 0 Å². The molecule has 0 amide bonds. The number of rotatable bonds is 3. The number of aromatic carboxylic acids is 1. The molecule has 1 saturated heterocycles. The third-order valence-electron chi connectivity index (χ3n) is 3.72. The van der Waals surface area contributed by atoms with Crippen LogP contribution in [-0.2, 0) is 0 Å². The van der Waals surface area contributed by atoms with Gasteiger partial charge in [0.05, 0.1) is 39.3 Å². The van der Waals surface area contributed by atoms with Crippen molar-refractivity contribution in [2.45, 2.75) is 0 Å². The van der Waals surface area contributed by atoms with Gasteiger partial charge in [0.15, 0.2) is 0 Å². The summed E-state index contributed by atoms with van der Waals surface area (Å²) >= 11 is 5.50. The number of carbonyl (C=O) groups is 1. The van der Waals surface area contributed by atoms with E-state index in [9.17, 15) is 9.90 Å². The topological polar surface area (TPSA) is 101 Å². The summed E-state index contributed by atoms with van der Waals surface area (Å²) in [6, 6.07) is 14.1. The van der Waals surface area contributed by atoms with Crippen molar-refractivity contribution in [3.05, 3.63) is 59.1 Å². The largest absolute Gasteiger partial charge is 0.545 e. The van der Waals surface area contributed by atoms with Crippen LogP contribution in [0, 0.1) is 0 Å². The first-order chi connectivity index (χ1) is 11.6. The van der Waals surface area contributed by atoms with E-state index in [1.165, 1.54) is 43.0 Å². The molecule has 1 fully saturated rings. The lowest BCUT2D eigenvalue weighted by molar-refractivity contribution is -0.655. The van der Waals surface area contributed by atoms with Gasteiger partial charge < -0.3 is 30.3 Å². The molecule has 6 nitrogen and oxygen atoms in total. The number of carboxylic acid groups (broad SMARTS) is 1. The lowest BCUT2D eigenvalue weighted by Crippen LogP contribution is -2.89. The lowest BCUT2D eigenvalue weighted by Gasteiger charge is -2.27. The van der Waals surface area contributed by atoms with Crippen molar-refractivity contribution < 1.29 is 25.4 Å². The van der Waals surface area contributed by atoms with Gasteiger partial charge in [0.25, 0.3) is 0 Å². The van der Waals surface area contributed by atoms with Crippen molar-refractivity contribution >= 4 is 23.3 Å². The minimum atomic E-state index is -1.18. The van der Waals surface area contributed by atoms with Crippen LogP contribution in [0.5, 0.6) is 5.75 Å². The van der Waals surface area contributed by atoms with Gasteiger partial charge in [0.1, 0.15) is 5.75 Å². The van der Waals surface area contributed by atoms with Gasteiger partial charge in [0, 0.05) is 10.7 Å². The highest BCUT2D eigenvalue weighted by molar-refractivity contribution is 6.30. The van der Waals surface area contributed by atoms with E-state index in [2.05, 4.69) is 22.3 Å². The van der Waals surface area contributed by atoms with Crippen molar-refractivity contribution in [1.29, 1.82) is 0 Å². The van der Waals surface area contributed by atoms with Gasteiger partial charge in [-0.25, -0.2) is 0 Å². The van der Waals surface area contributed by atoms with E-state index < -0.39 is 5.97 Å². The molecule has 2 aromatic rings. The zero-order valence-electron chi connectivity index (χ0n) is 14.1. The second-order valence-electron chi connectivity index (χ2n) is 5.35. The van der Waals surface area contributed by atoms with Crippen molar-refractivity contribution in [1.82, 2.24) is 0 Å². The Balaban J connectivity index is 0.000000254. The Morgan fingerprint density at radius 1 is 1.08 bits per heavy atom. The molecule has 1 aliphatic heterocycles. The maximum Gasteiger partial charge on any atom is 0.119 e. The third kappa shape index (κ3) is 6.62. The van der Waals surface area contributed by atoms with E-state index in [4.69, 9.17) is 16.3 Å². The Labute approximate surface area is 152 Å². The van der Waals surface area contributed by atoms with Gasteiger partial charge in [-0.1, -0.05) is 23.7 Å². The SMILES string of the molecule is COc1ccc(N2CC[NH2+]CC2)cc1.O.O=C([O-])c1ccc(Cl)cc1. The maximum atomic E-state index is 10.2. The summed E-state index contributed by atoms with van der Waals surface area (Å²) < 4.78 is 5.13. The zero-order valence-corrected chi connectivity index (χ0v) is 14.8. The molecule has 3 rings (SSSR count). The first-order valence-electron chi connectivity index (χ1n) is 7.77. The maximum absolute atomic E-state index is 10.2. The highest BCUT2D eigenvalue weighted by Gasteiger charge is 2.12. The molecule has 0 bridgehead atoms. The van der Waals surface area contributed by atoms with Crippen molar-refractivity contribution in [2.75, 3.05) is 38.2 Å². The zero-order chi connectivity index (χ0) is 17.4. The predicted molar refractivity (Wildman–Crippen MR) is 96.3 cm³/mol. The van der Waals surface area contributed by atoms with Gasteiger partial charge >= 0.3 is 0 Å². The molecular weight excluding hydrogens is 344 g/mol. The monoisotopic (exact) mass is 366 g/mol. The Hall–Kier alpha value is -2.28. The molecule has 4 N–H and O–H groups in total. The number of ether oxygens (including phenoxy) is 1. The van der Waals surface area contributed by atoms with Gasteiger partial charge in [-0.3, -0.25) is 0 Å². The molecule has 0 unspecified atom stereocenters. The van der Waals surface area contributed by atoms with Gasteiger partial charge in [-0.05, 0) is 42.0 Å². The number of carboxylic acids is 1. The minimum Gasteiger partial charge on any atom is -0.545 e. The fraction of sp³-hybridized carbons (Fsp3) is 0.278. The number of anilines is 1. The Kier molecular flexibility index (Phi) is 8.77.